The van der Waals surface area contributed by atoms with Crippen LogP contribution in [0, 0.1) is 0 Å². The van der Waals surface area contributed by atoms with Gasteiger partial charge in [0, 0.05) is 11.8 Å². The van der Waals surface area contributed by atoms with E-state index in [4.69, 9.17) is 5.11 Å². The number of rotatable bonds is 2. The normalized spacial score (nSPS) is 10.2. The lowest BCUT2D eigenvalue weighted by atomic mass is 10.1. The summed E-state index contributed by atoms with van der Waals surface area (Å²) in [6.07, 6.45) is 1.59. The Kier molecular flexibility index (Phi) is 2.83. The van der Waals surface area contributed by atoms with Crippen LogP contribution in [0.2, 0.25) is 0 Å². The number of nitrogens with zero attached hydrogens (tertiary/aromatic N) is 1. The molecule has 0 radical (unpaired) electrons. The maximum atomic E-state index is 11.1. The zero-order chi connectivity index (χ0) is 10.8. The molecule has 2 rings (SSSR count). The standard InChI is InChI=1S/C10H6BrNO2S/c11-9-8(10(13)14)7(1-3-12-9)6-2-4-15-5-6/h1-5H,(H,13,14). The molecular weight excluding hydrogens is 278 g/mol. The molecule has 0 atom stereocenters. The number of hydrogen-bond acceptors (Lipinski definition) is 3. The van der Waals surface area contributed by atoms with Crippen LogP contribution in [0.3, 0.4) is 0 Å². The van der Waals surface area contributed by atoms with Crippen LogP contribution < -0.4 is 0 Å². The van der Waals surface area contributed by atoms with Gasteiger partial charge in [0.2, 0.25) is 0 Å². The Hall–Kier alpha value is -1.20. The monoisotopic (exact) mass is 283 g/mol. The summed E-state index contributed by atoms with van der Waals surface area (Å²) in [5.74, 6) is -0.976. The number of aromatic nitrogens is 1. The van der Waals surface area contributed by atoms with Crippen LogP contribution >= 0.6 is 27.3 Å². The SMILES string of the molecule is O=C(O)c1c(-c2ccsc2)ccnc1Br. The van der Waals surface area contributed by atoms with Crippen molar-refractivity contribution in [3.05, 3.63) is 39.3 Å². The first-order valence-corrected chi connectivity index (χ1v) is 5.84. The summed E-state index contributed by atoms with van der Waals surface area (Å²) in [6, 6.07) is 3.59. The van der Waals surface area contributed by atoms with Gasteiger partial charge in [-0.15, -0.1) is 0 Å². The number of halogens is 1. The maximum absolute atomic E-state index is 11.1. The first-order chi connectivity index (χ1) is 7.20. The molecule has 1 N–H and O–H groups in total. The number of pyridine rings is 1. The smallest absolute Gasteiger partial charge is 0.339 e. The van der Waals surface area contributed by atoms with Gasteiger partial charge in [-0.05, 0) is 44.4 Å². The van der Waals surface area contributed by atoms with Crippen LogP contribution in [0.1, 0.15) is 10.4 Å². The van der Waals surface area contributed by atoms with Crippen molar-refractivity contribution in [1.82, 2.24) is 4.98 Å². The number of carboxylic acid groups (broad SMARTS) is 1. The molecule has 0 aliphatic carbocycles. The molecule has 5 heteroatoms. The molecule has 76 valence electrons. The van der Waals surface area contributed by atoms with Gasteiger partial charge in [0.05, 0.1) is 0 Å². The second-order valence-corrected chi connectivity index (χ2v) is 4.37. The minimum Gasteiger partial charge on any atom is -0.478 e. The summed E-state index contributed by atoms with van der Waals surface area (Å²) in [7, 11) is 0. The lowest BCUT2D eigenvalue weighted by Crippen LogP contribution is -2.01. The molecule has 2 heterocycles. The lowest BCUT2D eigenvalue weighted by molar-refractivity contribution is 0.0696. The lowest BCUT2D eigenvalue weighted by Gasteiger charge is -2.04. The largest absolute Gasteiger partial charge is 0.478 e. The van der Waals surface area contributed by atoms with E-state index in [0.29, 0.717) is 10.2 Å². The van der Waals surface area contributed by atoms with E-state index in [1.54, 1.807) is 12.3 Å². The molecule has 2 aromatic heterocycles. The van der Waals surface area contributed by atoms with Gasteiger partial charge in [-0.25, -0.2) is 9.78 Å². The summed E-state index contributed by atoms with van der Waals surface area (Å²) in [6.45, 7) is 0. The number of carboxylic acids is 1. The number of aromatic carboxylic acids is 1. The molecule has 0 bridgehead atoms. The Morgan fingerprint density at radius 2 is 2.27 bits per heavy atom. The van der Waals surface area contributed by atoms with E-state index < -0.39 is 5.97 Å². The topological polar surface area (TPSA) is 50.2 Å². The molecule has 3 nitrogen and oxygen atoms in total. The van der Waals surface area contributed by atoms with Crippen molar-refractivity contribution in [1.29, 1.82) is 0 Å². The highest BCUT2D eigenvalue weighted by atomic mass is 79.9. The molecule has 0 spiro atoms. The molecule has 0 saturated carbocycles. The average Bonchev–Trinajstić information content (AvgIpc) is 2.69. The van der Waals surface area contributed by atoms with Crippen molar-refractivity contribution in [2.75, 3.05) is 0 Å². The second kappa shape index (κ2) is 4.12. The van der Waals surface area contributed by atoms with Crippen molar-refractivity contribution in [3.63, 3.8) is 0 Å². The van der Waals surface area contributed by atoms with Gasteiger partial charge >= 0.3 is 5.97 Å². The van der Waals surface area contributed by atoms with E-state index in [-0.39, 0.29) is 5.56 Å². The van der Waals surface area contributed by atoms with Gasteiger partial charge in [-0.1, -0.05) is 0 Å². The zero-order valence-corrected chi connectivity index (χ0v) is 9.88. The molecule has 15 heavy (non-hydrogen) atoms. The Bertz CT molecular complexity index is 496. The highest BCUT2D eigenvalue weighted by molar-refractivity contribution is 9.10. The third kappa shape index (κ3) is 1.93. The van der Waals surface area contributed by atoms with E-state index in [9.17, 15) is 4.79 Å². The molecular formula is C10H6BrNO2S. The van der Waals surface area contributed by atoms with Crippen LogP contribution in [-0.4, -0.2) is 16.1 Å². The molecule has 0 aliphatic heterocycles. The van der Waals surface area contributed by atoms with Gasteiger partial charge in [0.15, 0.2) is 0 Å². The van der Waals surface area contributed by atoms with Gasteiger partial charge in [0.25, 0.3) is 0 Å². The Balaban J connectivity index is 2.66. The third-order valence-electron chi connectivity index (χ3n) is 1.95. The molecule has 0 amide bonds. The minimum absolute atomic E-state index is 0.205. The summed E-state index contributed by atoms with van der Waals surface area (Å²) < 4.78 is 0.360. The summed E-state index contributed by atoms with van der Waals surface area (Å²) >= 11 is 4.68. The summed E-state index contributed by atoms with van der Waals surface area (Å²) in [5.41, 5.74) is 1.79. The van der Waals surface area contributed by atoms with Crippen LogP contribution in [0.4, 0.5) is 0 Å². The molecule has 2 aromatic rings. The number of carbonyl (C=O) groups is 1. The average molecular weight is 284 g/mol. The molecule has 0 fully saturated rings. The first-order valence-electron chi connectivity index (χ1n) is 4.10. The van der Waals surface area contributed by atoms with E-state index in [1.165, 1.54) is 11.3 Å². The zero-order valence-electron chi connectivity index (χ0n) is 7.48. The van der Waals surface area contributed by atoms with Crippen molar-refractivity contribution in [3.8, 4) is 11.1 Å². The fraction of sp³-hybridized carbons (Fsp3) is 0. The maximum Gasteiger partial charge on any atom is 0.339 e. The molecule has 0 saturated heterocycles. The Morgan fingerprint density at radius 1 is 1.47 bits per heavy atom. The number of hydrogen-bond donors (Lipinski definition) is 1. The van der Waals surface area contributed by atoms with Crippen molar-refractivity contribution >= 4 is 33.2 Å². The number of thiophene rings is 1. The predicted octanol–water partition coefficient (Wildman–Crippen LogP) is 3.27. The van der Waals surface area contributed by atoms with Crippen LogP contribution in [0.15, 0.2) is 33.7 Å². The van der Waals surface area contributed by atoms with E-state index in [1.807, 2.05) is 16.8 Å². The Labute approximate surface area is 98.5 Å². The Morgan fingerprint density at radius 3 is 2.87 bits per heavy atom. The van der Waals surface area contributed by atoms with Crippen molar-refractivity contribution in [2.45, 2.75) is 0 Å². The van der Waals surface area contributed by atoms with Gasteiger partial charge in [-0.3, -0.25) is 0 Å². The molecule has 0 aliphatic rings. The van der Waals surface area contributed by atoms with Crippen LogP contribution in [-0.2, 0) is 0 Å². The van der Waals surface area contributed by atoms with Gasteiger partial charge in [-0.2, -0.15) is 11.3 Å². The molecule has 0 aromatic carbocycles. The van der Waals surface area contributed by atoms with Crippen LogP contribution in [0.5, 0.6) is 0 Å². The predicted molar refractivity (Wildman–Crippen MR) is 62.2 cm³/mol. The second-order valence-electron chi connectivity index (χ2n) is 2.84. The fourth-order valence-electron chi connectivity index (χ4n) is 1.30. The van der Waals surface area contributed by atoms with Gasteiger partial charge < -0.3 is 5.11 Å². The summed E-state index contributed by atoms with van der Waals surface area (Å²) in [5, 5.41) is 12.9. The quantitative estimate of drug-likeness (QED) is 0.861. The fourth-order valence-corrected chi connectivity index (χ4v) is 2.46. The minimum atomic E-state index is -0.976. The van der Waals surface area contributed by atoms with Crippen LogP contribution in [0.25, 0.3) is 11.1 Å². The first kappa shape index (κ1) is 10.3. The highest BCUT2D eigenvalue weighted by Crippen LogP contribution is 2.29. The van der Waals surface area contributed by atoms with E-state index >= 15 is 0 Å². The van der Waals surface area contributed by atoms with Crippen molar-refractivity contribution < 1.29 is 9.90 Å². The van der Waals surface area contributed by atoms with Gasteiger partial charge in [0.1, 0.15) is 10.2 Å². The molecule has 0 unspecified atom stereocenters. The van der Waals surface area contributed by atoms with E-state index in [2.05, 4.69) is 20.9 Å². The highest BCUT2D eigenvalue weighted by Gasteiger charge is 2.16. The third-order valence-corrected chi connectivity index (χ3v) is 3.24. The van der Waals surface area contributed by atoms with E-state index in [0.717, 1.165) is 5.56 Å². The van der Waals surface area contributed by atoms with Crippen molar-refractivity contribution in [2.24, 2.45) is 0 Å². The summed E-state index contributed by atoms with van der Waals surface area (Å²) in [4.78, 5) is 15.0.